The summed E-state index contributed by atoms with van der Waals surface area (Å²) in [6.07, 6.45) is 6.28. The summed E-state index contributed by atoms with van der Waals surface area (Å²) < 4.78 is 4.82. The van der Waals surface area contributed by atoms with E-state index in [0.717, 1.165) is 31.4 Å². The zero-order chi connectivity index (χ0) is 24.8. The minimum atomic E-state index is -0.355. The normalized spacial score (nSPS) is 20.2. The maximum atomic E-state index is 13.0. The second-order valence-electron chi connectivity index (χ2n) is 8.95. The number of piperazine rings is 1. The number of hydrogen-bond donors (Lipinski definition) is 3. The molecule has 3 amide bonds. The smallest absolute Gasteiger partial charge is 0.409 e. The van der Waals surface area contributed by atoms with E-state index < -0.39 is 0 Å². The molecule has 1 aromatic carbocycles. The number of rotatable bonds is 5. The number of carbonyl (C=O) groups excluding carboxylic acids is 3. The average Bonchev–Trinajstić information content (AvgIpc) is 2.90. The van der Waals surface area contributed by atoms with E-state index in [1.807, 2.05) is 6.07 Å². The Hall–Kier alpha value is -3.66. The number of amides is 3. The van der Waals surface area contributed by atoms with Crippen LogP contribution in [0.1, 0.15) is 46.4 Å². The van der Waals surface area contributed by atoms with Crippen molar-refractivity contribution in [2.24, 2.45) is 5.73 Å². The third-order valence-corrected chi connectivity index (χ3v) is 6.61. The molecule has 0 unspecified atom stereocenters. The van der Waals surface area contributed by atoms with Crippen molar-refractivity contribution in [3.63, 3.8) is 0 Å². The lowest BCUT2D eigenvalue weighted by molar-refractivity contribution is 0.0924. The molecule has 1 saturated heterocycles. The summed E-state index contributed by atoms with van der Waals surface area (Å²) >= 11 is 0. The van der Waals surface area contributed by atoms with Crippen molar-refractivity contribution in [2.75, 3.05) is 43.5 Å². The number of nitrogens with zero attached hydrogens (tertiary/aromatic N) is 3. The van der Waals surface area contributed by atoms with E-state index in [1.54, 1.807) is 41.6 Å². The number of aromatic nitrogens is 1. The monoisotopic (exact) mass is 480 g/mol. The number of anilines is 2. The Balaban J connectivity index is 1.54. The summed E-state index contributed by atoms with van der Waals surface area (Å²) in [5.41, 5.74) is 8.25. The van der Waals surface area contributed by atoms with Crippen LogP contribution in [0.25, 0.3) is 0 Å². The van der Waals surface area contributed by atoms with Gasteiger partial charge in [-0.3, -0.25) is 14.6 Å². The van der Waals surface area contributed by atoms with Crippen LogP contribution in [0.4, 0.5) is 16.2 Å². The highest BCUT2D eigenvalue weighted by atomic mass is 16.5. The van der Waals surface area contributed by atoms with Gasteiger partial charge in [0.1, 0.15) is 0 Å². The van der Waals surface area contributed by atoms with Crippen LogP contribution >= 0.6 is 0 Å². The lowest BCUT2D eigenvalue weighted by atomic mass is 9.91. The molecule has 2 aromatic rings. The van der Waals surface area contributed by atoms with E-state index in [-0.39, 0.29) is 30.0 Å². The first-order valence-corrected chi connectivity index (χ1v) is 11.9. The second kappa shape index (κ2) is 11.2. The van der Waals surface area contributed by atoms with Crippen LogP contribution in [-0.2, 0) is 4.74 Å². The van der Waals surface area contributed by atoms with Gasteiger partial charge in [-0.05, 0) is 56.0 Å². The van der Waals surface area contributed by atoms with E-state index in [1.165, 1.54) is 7.11 Å². The molecule has 0 spiro atoms. The minimum absolute atomic E-state index is 0.100. The van der Waals surface area contributed by atoms with Crippen molar-refractivity contribution in [1.29, 1.82) is 0 Å². The maximum Gasteiger partial charge on any atom is 0.409 e. The maximum absolute atomic E-state index is 13.0. The second-order valence-corrected chi connectivity index (χ2v) is 8.95. The van der Waals surface area contributed by atoms with Crippen molar-refractivity contribution < 1.29 is 19.1 Å². The van der Waals surface area contributed by atoms with Gasteiger partial charge in [-0.25, -0.2) is 4.79 Å². The Bertz CT molecular complexity index is 1050. The SMILES string of the molecule is COC(=O)N1CCN(c2ccc(C(=O)NC3CCC(N)CC3)cc2NC(=O)c2ccncc2)CC1. The van der Waals surface area contributed by atoms with Gasteiger partial charge in [0.05, 0.1) is 18.5 Å². The molecule has 10 heteroatoms. The van der Waals surface area contributed by atoms with Crippen LogP contribution in [0.3, 0.4) is 0 Å². The molecule has 2 heterocycles. The number of carbonyl (C=O) groups is 3. The predicted octanol–water partition coefficient (Wildman–Crippen LogP) is 2.22. The molecule has 0 bridgehead atoms. The fraction of sp³-hybridized carbons (Fsp3) is 0.440. The number of nitrogens with one attached hydrogen (secondary N) is 2. The van der Waals surface area contributed by atoms with Gasteiger partial charge in [0.25, 0.3) is 11.8 Å². The van der Waals surface area contributed by atoms with Gasteiger partial charge in [0, 0.05) is 61.8 Å². The third-order valence-electron chi connectivity index (χ3n) is 6.61. The van der Waals surface area contributed by atoms with Gasteiger partial charge in [-0.15, -0.1) is 0 Å². The summed E-state index contributed by atoms with van der Waals surface area (Å²) in [7, 11) is 1.37. The van der Waals surface area contributed by atoms with E-state index in [4.69, 9.17) is 10.5 Å². The summed E-state index contributed by atoms with van der Waals surface area (Å²) in [5, 5.41) is 6.07. The molecule has 2 fully saturated rings. The van der Waals surface area contributed by atoms with Gasteiger partial charge in [-0.2, -0.15) is 0 Å². The Morgan fingerprint density at radius 1 is 0.943 bits per heavy atom. The van der Waals surface area contributed by atoms with Gasteiger partial charge in [0.15, 0.2) is 0 Å². The summed E-state index contributed by atoms with van der Waals surface area (Å²) in [6.45, 7) is 2.13. The molecule has 2 aliphatic rings. The highest BCUT2D eigenvalue weighted by Gasteiger charge is 2.25. The molecule has 1 aliphatic carbocycles. The zero-order valence-electron chi connectivity index (χ0n) is 19.9. The molecule has 10 nitrogen and oxygen atoms in total. The van der Waals surface area contributed by atoms with Gasteiger partial charge in [0.2, 0.25) is 0 Å². The minimum Gasteiger partial charge on any atom is -0.453 e. The van der Waals surface area contributed by atoms with Crippen LogP contribution in [0.5, 0.6) is 0 Å². The molecule has 0 atom stereocenters. The highest BCUT2D eigenvalue weighted by Crippen LogP contribution is 2.29. The number of benzene rings is 1. The Kier molecular flexibility index (Phi) is 7.81. The number of ether oxygens (including phenoxy) is 1. The van der Waals surface area contributed by atoms with Crippen LogP contribution in [0.2, 0.25) is 0 Å². The predicted molar refractivity (Wildman–Crippen MR) is 133 cm³/mol. The number of nitrogens with two attached hydrogens (primary N) is 1. The summed E-state index contributed by atoms with van der Waals surface area (Å²) in [4.78, 5) is 45.5. The van der Waals surface area contributed by atoms with Crippen molar-refractivity contribution in [2.45, 2.75) is 37.8 Å². The largest absolute Gasteiger partial charge is 0.453 e. The third kappa shape index (κ3) is 6.07. The Morgan fingerprint density at radius 2 is 1.63 bits per heavy atom. The van der Waals surface area contributed by atoms with Crippen LogP contribution in [0, 0.1) is 0 Å². The molecular weight excluding hydrogens is 448 g/mol. The molecule has 186 valence electrons. The lowest BCUT2D eigenvalue weighted by Crippen LogP contribution is -2.49. The molecule has 0 radical (unpaired) electrons. The first-order valence-electron chi connectivity index (χ1n) is 11.9. The fourth-order valence-electron chi connectivity index (χ4n) is 4.54. The molecule has 35 heavy (non-hydrogen) atoms. The Morgan fingerprint density at radius 3 is 2.29 bits per heavy atom. The quantitative estimate of drug-likeness (QED) is 0.598. The summed E-state index contributed by atoms with van der Waals surface area (Å²) in [5.74, 6) is -0.465. The molecule has 1 saturated carbocycles. The van der Waals surface area contributed by atoms with E-state index in [9.17, 15) is 14.4 Å². The standard InChI is InChI=1S/C25H32N6O4/c1-35-25(34)31-14-12-30(13-15-31)22-7-2-18(24(33)28-20-5-3-19(26)4-6-20)16-21(22)29-23(32)17-8-10-27-11-9-17/h2,7-11,16,19-20H,3-6,12-15,26H2,1H3,(H,28,33)(H,29,32). The van der Waals surface area contributed by atoms with Crippen molar-refractivity contribution >= 4 is 29.3 Å². The van der Waals surface area contributed by atoms with Gasteiger partial charge in [-0.1, -0.05) is 0 Å². The Labute approximate surface area is 204 Å². The molecule has 4 N–H and O–H groups in total. The lowest BCUT2D eigenvalue weighted by Gasteiger charge is -2.36. The van der Waals surface area contributed by atoms with Crippen molar-refractivity contribution in [3.8, 4) is 0 Å². The topological polar surface area (TPSA) is 130 Å². The van der Waals surface area contributed by atoms with Gasteiger partial charge < -0.3 is 30.9 Å². The number of methoxy groups -OCH3 is 1. The molecular formula is C25H32N6O4. The fourth-order valence-corrected chi connectivity index (χ4v) is 4.54. The number of pyridine rings is 1. The van der Waals surface area contributed by atoms with Crippen LogP contribution in [-0.4, -0.2) is 73.2 Å². The van der Waals surface area contributed by atoms with Crippen LogP contribution in [0.15, 0.2) is 42.7 Å². The van der Waals surface area contributed by atoms with Crippen molar-refractivity contribution in [1.82, 2.24) is 15.2 Å². The molecule has 4 rings (SSSR count). The van der Waals surface area contributed by atoms with Crippen LogP contribution < -0.4 is 21.3 Å². The first kappa shape index (κ1) is 24.5. The van der Waals surface area contributed by atoms with E-state index >= 15 is 0 Å². The average molecular weight is 481 g/mol. The highest BCUT2D eigenvalue weighted by molar-refractivity contribution is 6.07. The van der Waals surface area contributed by atoms with E-state index in [2.05, 4.69) is 20.5 Å². The van der Waals surface area contributed by atoms with Gasteiger partial charge >= 0.3 is 6.09 Å². The first-order chi connectivity index (χ1) is 16.9. The number of hydrogen-bond acceptors (Lipinski definition) is 7. The van der Waals surface area contributed by atoms with Crippen molar-refractivity contribution in [3.05, 3.63) is 53.9 Å². The molecule has 1 aromatic heterocycles. The summed E-state index contributed by atoms with van der Waals surface area (Å²) in [6, 6.07) is 8.91. The zero-order valence-corrected chi connectivity index (χ0v) is 19.9. The van der Waals surface area contributed by atoms with E-state index in [0.29, 0.717) is 43.0 Å². The molecule has 1 aliphatic heterocycles.